The van der Waals surface area contributed by atoms with Gasteiger partial charge < -0.3 is 15.7 Å². The van der Waals surface area contributed by atoms with Crippen LogP contribution in [0.25, 0.3) is 0 Å². The van der Waals surface area contributed by atoms with Crippen LogP contribution in [0.3, 0.4) is 0 Å². The number of hydrogen-bond acceptors (Lipinski definition) is 5. The summed E-state index contributed by atoms with van der Waals surface area (Å²) in [6, 6.07) is 1.72. The number of carbonyl (C=O) groups is 1. The summed E-state index contributed by atoms with van der Waals surface area (Å²) in [6.45, 7) is 2.32. The first-order chi connectivity index (χ1) is 9.20. The first-order valence-electron chi connectivity index (χ1n) is 5.90. The molecule has 100 valence electrons. The number of nitrogens with two attached hydrogens (primary N) is 1. The Kier molecular flexibility index (Phi) is 4.09. The van der Waals surface area contributed by atoms with E-state index in [9.17, 15) is 4.79 Å². The summed E-state index contributed by atoms with van der Waals surface area (Å²) < 4.78 is 0. The summed E-state index contributed by atoms with van der Waals surface area (Å²) in [5.41, 5.74) is 4.28. The molecule has 1 amide bonds. The molecule has 2 rings (SSSR count). The van der Waals surface area contributed by atoms with Crippen molar-refractivity contribution in [3.8, 4) is 0 Å². The maximum Gasteiger partial charge on any atom is 0.255 e. The zero-order valence-corrected chi connectivity index (χ0v) is 10.6. The Morgan fingerprint density at radius 1 is 1.47 bits per heavy atom. The van der Waals surface area contributed by atoms with Crippen LogP contribution in [-0.2, 0) is 6.42 Å². The van der Waals surface area contributed by atoms with E-state index >= 15 is 0 Å². The van der Waals surface area contributed by atoms with Gasteiger partial charge in [-0.15, -0.1) is 0 Å². The van der Waals surface area contributed by atoms with Crippen LogP contribution in [0.15, 0.2) is 24.7 Å². The average Bonchev–Trinajstić information content (AvgIpc) is 2.91. The van der Waals surface area contributed by atoms with Gasteiger partial charge in [0, 0.05) is 37.3 Å². The van der Waals surface area contributed by atoms with E-state index < -0.39 is 0 Å². The van der Waals surface area contributed by atoms with Crippen LogP contribution in [0, 0.1) is 6.92 Å². The number of imidazole rings is 1. The number of pyridine rings is 1. The molecular formula is C12H16N6O. The molecule has 7 nitrogen and oxygen atoms in total. The molecule has 0 aliphatic carbocycles. The number of carbonyl (C=O) groups excluding carboxylic acids is 1. The minimum Gasteiger partial charge on any atom is -0.351 e. The Bertz CT molecular complexity index is 551. The van der Waals surface area contributed by atoms with Crippen molar-refractivity contribution in [1.29, 1.82) is 0 Å². The molecule has 0 aliphatic heterocycles. The van der Waals surface area contributed by atoms with Crippen LogP contribution >= 0.6 is 0 Å². The van der Waals surface area contributed by atoms with Gasteiger partial charge in [-0.1, -0.05) is 0 Å². The lowest BCUT2D eigenvalue weighted by atomic mass is 10.2. The third-order valence-corrected chi connectivity index (χ3v) is 2.64. The summed E-state index contributed by atoms with van der Waals surface area (Å²) in [5, 5.41) is 2.80. The van der Waals surface area contributed by atoms with E-state index in [0.717, 1.165) is 11.5 Å². The lowest BCUT2D eigenvalue weighted by molar-refractivity contribution is 0.0954. The highest BCUT2D eigenvalue weighted by molar-refractivity contribution is 5.99. The molecule has 5 N–H and O–H groups in total. The molecule has 0 aromatic carbocycles. The number of nitrogens with zero attached hydrogens (tertiary/aromatic N) is 2. The number of aromatic nitrogens is 3. The number of amides is 1. The fraction of sp³-hybridized carbons (Fsp3) is 0.250. The second-order valence-electron chi connectivity index (χ2n) is 4.06. The monoisotopic (exact) mass is 260 g/mol. The predicted octanol–water partition coefficient (Wildman–Crippen LogP) is 0.371. The van der Waals surface area contributed by atoms with Crippen LogP contribution in [0.1, 0.15) is 21.9 Å². The molecule has 0 bridgehead atoms. The van der Waals surface area contributed by atoms with Gasteiger partial charge in [-0.3, -0.25) is 15.6 Å². The molecule has 2 heterocycles. The maximum atomic E-state index is 12.0. The molecule has 0 spiro atoms. The lowest BCUT2D eigenvalue weighted by Crippen LogP contribution is -2.27. The normalized spacial score (nSPS) is 10.2. The summed E-state index contributed by atoms with van der Waals surface area (Å²) in [4.78, 5) is 23.1. The zero-order chi connectivity index (χ0) is 13.7. The number of hydrogen-bond donors (Lipinski definition) is 4. The fourth-order valence-electron chi connectivity index (χ4n) is 1.68. The molecule has 0 unspecified atom stereocenters. The standard InChI is InChI=1S/C12H16N6O/c1-8-6-10(18-13)9(7-17-8)12(19)16-3-2-11-14-4-5-15-11/h4-7H,2-3,13H2,1H3,(H,14,15)(H,16,19)(H,17,18). The Labute approximate surface area is 110 Å². The Hall–Kier alpha value is -2.41. The van der Waals surface area contributed by atoms with E-state index in [1.165, 1.54) is 6.20 Å². The number of aryl methyl sites for hydroxylation is 1. The van der Waals surface area contributed by atoms with Crippen LogP contribution in [0.4, 0.5) is 5.69 Å². The molecule has 0 radical (unpaired) electrons. The number of nitrogen functional groups attached to an aromatic ring is 1. The fourth-order valence-corrected chi connectivity index (χ4v) is 1.68. The van der Waals surface area contributed by atoms with Crippen LogP contribution in [0.5, 0.6) is 0 Å². The number of hydrazine groups is 1. The Balaban J connectivity index is 1.96. The predicted molar refractivity (Wildman–Crippen MR) is 71.4 cm³/mol. The van der Waals surface area contributed by atoms with E-state index in [1.807, 2.05) is 6.92 Å². The van der Waals surface area contributed by atoms with Crippen molar-refractivity contribution in [2.45, 2.75) is 13.3 Å². The first kappa shape index (κ1) is 13.0. The molecule has 7 heteroatoms. The third-order valence-electron chi connectivity index (χ3n) is 2.64. The van der Waals surface area contributed by atoms with Gasteiger partial charge in [0.2, 0.25) is 0 Å². The second kappa shape index (κ2) is 5.96. The maximum absolute atomic E-state index is 12.0. The molecule has 2 aromatic heterocycles. The Morgan fingerprint density at radius 3 is 3.00 bits per heavy atom. The van der Waals surface area contributed by atoms with Crippen LogP contribution in [0.2, 0.25) is 0 Å². The second-order valence-corrected chi connectivity index (χ2v) is 4.06. The number of aromatic amines is 1. The van der Waals surface area contributed by atoms with E-state index in [0.29, 0.717) is 24.2 Å². The summed E-state index contributed by atoms with van der Waals surface area (Å²) in [5.74, 6) is 6.01. The summed E-state index contributed by atoms with van der Waals surface area (Å²) in [7, 11) is 0. The summed E-state index contributed by atoms with van der Waals surface area (Å²) in [6.07, 6.45) is 5.57. The number of anilines is 1. The topological polar surface area (TPSA) is 109 Å². The van der Waals surface area contributed by atoms with Gasteiger partial charge in [0.25, 0.3) is 5.91 Å². The number of H-pyrrole nitrogens is 1. The molecule has 0 atom stereocenters. The molecule has 2 aromatic rings. The third kappa shape index (κ3) is 3.29. The molecule has 19 heavy (non-hydrogen) atoms. The van der Waals surface area contributed by atoms with E-state index in [4.69, 9.17) is 5.84 Å². The highest BCUT2D eigenvalue weighted by Crippen LogP contribution is 2.13. The van der Waals surface area contributed by atoms with Gasteiger partial charge in [0.15, 0.2) is 0 Å². The minimum atomic E-state index is -0.216. The van der Waals surface area contributed by atoms with Crippen molar-refractivity contribution in [1.82, 2.24) is 20.3 Å². The summed E-state index contributed by atoms with van der Waals surface area (Å²) >= 11 is 0. The number of rotatable bonds is 5. The van der Waals surface area contributed by atoms with Crippen molar-refractivity contribution in [2.75, 3.05) is 12.0 Å². The van der Waals surface area contributed by atoms with Crippen LogP contribution < -0.4 is 16.6 Å². The van der Waals surface area contributed by atoms with Gasteiger partial charge in [0.05, 0.1) is 11.3 Å². The molecule has 0 saturated carbocycles. The van der Waals surface area contributed by atoms with Gasteiger partial charge >= 0.3 is 0 Å². The average molecular weight is 260 g/mol. The van der Waals surface area contributed by atoms with Gasteiger partial charge in [0.1, 0.15) is 5.82 Å². The van der Waals surface area contributed by atoms with E-state index in [2.05, 4.69) is 25.7 Å². The SMILES string of the molecule is Cc1cc(NN)c(C(=O)NCCc2ncc[nH]2)cn1. The molecule has 0 aliphatic rings. The first-order valence-corrected chi connectivity index (χ1v) is 5.90. The highest BCUT2D eigenvalue weighted by Gasteiger charge is 2.11. The van der Waals surface area contributed by atoms with Crippen LogP contribution in [-0.4, -0.2) is 27.4 Å². The van der Waals surface area contributed by atoms with Crippen molar-refractivity contribution < 1.29 is 4.79 Å². The highest BCUT2D eigenvalue weighted by atomic mass is 16.1. The smallest absolute Gasteiger partial charge is 0.255 e. The minimum absolute atomic E-state index is 0.216. The van der Waals surface area contributed by atoms with Crippen molar-refractivity contribution in [3.63, 3.8) is 0 Å². The molecule has 0 fully saturated rings. The Morgan fingerprint density at radius 2 is 2.32 bits per heavy atom. The quantitative estimate of drug-likeness (QED) is 0.459. The largest absolute Gasteiger partial charge is 0.351 e. The van der Waals surface area contributed by atoms with Crippen molar-refractivity contribution >= 4 is 11.6 Å². The lowest BCUT2D eigenvalue weighted by Gasteiger charge is -2.09. The van der Waals surface area contributed by atoms with E-state index in [-0.39, 0.29) is 5.91 Å². The van der Waals surface area contributed by atoms with Gasteiger partial charge in [-0.2, -0.15) is 0 Å². The van der Waals surface area contributed by atoms with Crippen molar-refractivity contribution in [2.24, 2.45) is 5.84 Å². The van der Waals surface area contributed by atoms with Crippen molar-refractivity contribution in [3.05, 3.63) is 41.7 Å². The molecule has 0 saturated heterocycles. The zero-order valence-electron chi connectivity index (χ0n) is 10.6. The van der Waals surface area contributed by atoms with E-state index in [1.54, 1.807) is 18.5 Å². The number of nitrogens with one attached hydrogen (secondary N) is 3. The van der Waals surface area contributed by atoms with Gasteiger partial charge in [-0.05, 0) is 13.0 Å². The van der Waals surface area contributed by atoms with Gasteiger partial charge in [-0.25, -0.2) is 4.98 Å². The molecular weight excluding hydrogens is 244 g/mol.